The number of halogens is 7. The van der Waals surface area contributed by atoms with Gasteiger partial charge in [-0.1, -0.05) is 28.1 Å². The molecule has 1 aliphatic rings. The monoisotopic (exact) mass is 580 g/mol. The number of phenols is 1. The molecule has 1 heterocycles. The molecule has 0 unspecified atom stereocenters. The maximum Gasteiger partial charge on any atom is 0.573 e. The van der Waals surface area contributed by atoms with Gasteiger partial charge in [-0.25, -0.2) is 0 Å². The van der Waals surface area contributed by atoms with Gasteiger partial charge < -0.3 is 15.2 Å². The fourth-order valence-electron chi connectivity index (χ4n) is 3.17. The van der Waals surface area contributed by atoms with Gasteiger partial charge in [-0.3, -0.25) is 4.90 Å². The zero-order valence-corrected chi connectivity index (χ0v) is 19.7. The lowest BCUT2D eigenvalue weighted by Gasteiger charge is -2.36. The number of hydrogen-bond acceptors (Lipinski definition) is 4. The normalized spacial score (nSPS) is 15.8. The third-order valence-electron chi connectivity index (χ3n) is 4.33. The molecule has 0 amide bonds. The largest absolute Gasteiger partial charge is 0.573 e. The lowest BCUT2D eigenvalue weighted by molar-refractivity contribution is -0.274. The Morgan fingerprint density at radius 1 is 0.966 bits per heavy atom. The summed E-state index contributed by atoms with van der Waals surface area (Å²) in [5.74, 6) is -0.175. The summed E-state index contributed by atoms with van der Waals surface area (Å²) in [6.45, 7) is 3.06. The van der Waals surface area contributed by atoms with Crippen LogP contribution < -0.4 is 10.1 Å². The van der Waals surface area contributed by atoms with Gasteiger partial charge >= 0.3 is 6.36 Å². The molecular formula is C18H19Br2Cl2F3N2O2. The third-order valence-corrected chi connectivity index (χ3v) is 5.67. The summed E-state index contributed by atoms with van der Waals surface area (Å²) >= 11 is 6.85. The number of piperazine rings is 1. The van der Waals surface area contributed by atoms with Crippen molar-refractivity contribution in [1.82, 2.24) is 10.2 Å². The Labute approximate surface area is 195 Å². The summed E-state index contributed by atoms with van der Waals surface area (Å²) in [7, 11) is 0. The molecule has 0 radical (unpaired) electrons. The first-order valence-corrected chi connectivity index (χ1v) is 9.82. The number of hydrogen-bond donors (Lipinski definition) is 2. The van der Waals surface area contributed by atoms with Gasteiger partial charge in [0, 0.05) is 36.2 Å². The molecule has 162 valence electrons. The molecular weight excluding hydrogens is 564 g/mol. The average molecular weight is 583 g/mol. The summed E-state index contributed by atoms with van der Waals surface area (Å²) in [5, 5.41) is 13.9. The predicted molar refractivity (Wildman–Crippen MR) is 117 cm³/mol. The zero-order valence-electron chi connectivity index (χ0n) is 14.9. The summed E-state index contributed by atoms with van der Waals surface area (Å²) < 4.78 is 42.5. The molecule has 2 aromatic rings. The van der Waals surface area contributed by atoms with Crippen LogP contribution in [0.1, 0.15) is 17.2 Å². The Bertz CT molecular complexity index is 805. The van der Waals surface area contributed by atoms with Crippen LogP contribution in [0.4, 0.5) is 13.2 Å². The molecule has 3 rings (SSSR count). The number of alkyl halides is 3. The maximum absolute atomic E-state index is 12.4. The van der Waals surface area contributed by atoms with Crippen molar-refractivity contribution in [3.63, 3.8) is 0 Å². The molecule has 1 atom stereocenters. The molecule has 2 aromatic carbocycles. The minimum Gasteiger partial charge on any atom is -0.506 e. The van der Waals surface area contributed by atoms with Crippen molar-refractivity contribution in [3.05, 3.63) is 56.5 Å². The van der Waals surface area contributed by atoms with Crippen molar-refractivity contribution < 1.29 is 23.0 Å². The standard InChI is InChI=1S/C18H17Br2F3N2O2.2ClH/c19-13-5-6-14(20)17(26)15(13)16(25-9-7-24-8-10-25)11-1-3-12(4-2-11)27-18(21,22)23;;/h1-6,16,24,26H,7-10H2;2*1H/t16-;;/m0../s1. The van der Waals surface area contributed by atoms with Crippen LogP contribution in [0.5, 0.6) is 11.5 Å². The second kappa shape index (κ2) is 11.1. The van der Waals surface area contributed by atoms with E-state index in [4.69, 9.17) is 0 Å². The first-order chi connectivity index (χ1) is 12.8. The maximum atomic E-state index is 12.4. The SMILES string of the molecule is Cl.Cl.Oc1c(Br)ccc(Br)c1[C@H](c1ccc(OC(F)(F)F)cc1)N1CCNCC1. The number of rotatable bonds is 4. The van der Waals surface area contributed by atoms with Crippen molar-refractivity contribution in [2.75, 3.05) is 26.2 Å². The van der Waals surface area contributed by atoms with E-state index in [2.05, 4.69) is 46.8 Å². The summed E-state index contributed by atoms with van der Waals surface area (Å²) in [5.41, 5.74) is 1.43. The molecule has 4 nitrogen and oxygen atoms in total. The van der Waals surface area contributed by atoms with Crippen LogP contribution in [0.2, 0.25) is 0 Å². The fourth-order valence-corrected chi connectivity index (χ4v) is 4.05. The minimum absolute atomic E-state index is 0. The zero-order chi connectivity index (χ0) is 19.6. The Hall–Kier alpha value is -0.710. The van der Waals surface area contributed by atoms with E-state index in [9.17, 15) is 18.3 Å². The van der Waals surface area contributed by atoms with E-state index in [-0.39, 0.29) is 42.4 Å². The van der Waals surface area contributed by atoms with Crippen molar-refractivity contribution in [3.8, 4) is 11.5 Å². The average Bonchev–Trinajstić information content (AvgIpc) is 2.62. The van der Waals surface area contributed by atoms with Crippen molar-refractivity contribution in [2.45, 2.75) is 12.4 Å². The summed E-state index contributed by atoms with van der Waals surface area (Å²) in [6, 6.07) is 9.02. The Morgan fingerprint density at radius 3 is 2.07 bits per heavy atom. The molecule has 0 saturated carbocycles. The smallest absolute Gasteiger partial charge is 0.506 e. The van der Waals surface area contributed by atoms with Crippen LogP contribution in [-0.2, 0) is 0 Å². The van der Waals surface area contributed by atoms with Gasteiger partial charge in [0.1, 0.15) is 11.5 Å². The third kappa shape index (κ3) is 6.63. The van der Waals surface area contributed by atoms with Crippen molar-refractivity contribution >= 4 is 56.7 Å². The molecule has 0 aromatic heterocycles. The van der Waals surface area contributed by atoms with E-state index in [0.717, 1.165) is 36.2 Å². The second-order valence-electron chi connectivity index (χ2n) is 6.10. The molecule has 1 aliphatic heterocycles. The number of ether oxygens (including phenoxy) is 1. The molecule has 1 saturated heterocycles. The first-order valence-electron chi connectivity index (χ1n) is 8.23. The van der Waals surface area contributed by atoms with Crippen LogP contribution in [0.15, 0.2) is 45.3 Å². The van der Waals surface area contributed by atoms with Crippen LogP contribution in [0, 0.1) is 0 Å². The van der Waals surface area contributed by atoms with Gasteiger partial charge in [-0.15, -0.1) is 38.0 Å². The predicted octanol–water partition coefficient (Wildman–Crippen LogP) is 5.65. The first kappa shape index (κ1) is 26.3. The lowest BCUT2D eigenvalue weighted by Crippen LogP contribution is -2.45. The van der Waals surface area contributed by atoms with Gasteiger partial charge in [-0.2, -0.15) is 0 Å². The summed E-state index contributed by atoms with van der Waals surface area (Å²) in [4.78, 5) is 2.18. The van der Waals surface area contributed by atoms with E-state index >= 15 is 0 Å². The van der Waals surface area contributed by atoms with Gasteiger partial charge in [-0.05, 0) is 45.8 Å². The van der Waals surface area contributed by atoms with E-state index in [1.54, 1.807) is 18.2 Å². The van der Waals surface area contributed by atoms with Crippen molar-refractivity contribution in [1.29, 1.82) is 0 Å². The van der Waals surface area contributed by atoms with Gasteiger partial charge in [0.25, 0.3) is 0 Å². The van der Waals surface area contributed by atoms with E-state index in [1.807, 2.05) is 6.07 Å². The van der Waals surface area contributed by atoms with Gasteiger partial charge in [0.05, 0.1) is 10.5 Å². The lowest BCUT2D eigenvalue weighted by atomic mass is 9.95. The molecule has 0 spiro atoms. The Kier molecular flexibility index (Phi) is 10.0. The molecule has 1 fully saturated rings. The number of benzene rings is 2. The van der Waals surface area contributed by atoms with Crippen LogP contribution in [0.3, 0.4) is 0 Å². The second-order valence-corrected chi connectivity index (χ2v) is 7.81. The van der Waals surface area contributed by atoms with Crippen LogP contribution in [-0.4, -0.2) is 42.5 Å². The quantitative estimate of drug-likeness (QED) is 0.489. The molecule has 0 aliphatic carbocycles. The van der Waals surface area contributed by atoms with Crippen LogP contribution >= 0.6 is 56.7 Å². The fraction of sp³-hybridized carbons (Fsp3) is 0.333. The Morgan fingerprint density at radius 2 is 1.52 bits per heavy atom. The van der Waals surface area contributed by atoms with Crippen LogP contribution in [0.25, 0.3) is 0 Å². The van der Waals surface area contributed by atoms with Gasteiger partial charge in [0.15, 0.2) is 0 Å². The molecule has 0 bridgehead atoms. The molecule has 2 N–H and O–H groups in total. The number of nitrogens with zero attached hydrogens (tertiary/aromatic N) is 1. The molecule has 11 heteroatoms. The topological polar surface area (TPSA) is 44.7 Å². The summed E-state index contributed by atoms with van der Waals surface area (Å²) in [6.07, 6.45) is -4.73. The highest BCUT2D eigenvalue weighted by Crippen LogP contribution is 2.43. The number of phenolic OH excluding ortho intramolecular Hbond substituents is 1. The van der Waals surface area contributed by atoms with Gasteiger partial charge in [0.2, 0.25) is 0 Å². The number of nitrogens with one attached hydrogen (secondary N) is 1. The van der Waals surface area contributed by atoms with E-state index in [1.165, 1.54) is 12.1 Å². The Balaban J connectivity index is 0.00000210. The van der Waals surface area contributed by atoms with E-state index < -0.39 is 6.36 Å². The minimum atomic E-state index is -4.73. The highest BCUT2D eigenvalue weighted by molar-refractivity contribution is 9.11. The number of aromatic hydroxyl groups is 1. The van der Waals surface area contributed by atoms with E-state index in [0.29, 0.717) is 10.0 Å². The highest BCUT2D eigenvalue weighted by Gasteiger charge is 2.32. The highest BCUT2D eigenvalue weighted by atomic mass is 79.9. The van der Waals surface area contributed by atoms with Crippen molar-refractivity contribution in [2.24, 2.45) is 0 Å². The molecule has 29 heavy (non-hydrogen) atoms.